The van der Waals surface area contributed by atoms with E-state index >= 15 is 0 Å². The molecule has 2 aliphatic heterocycles. The Morgan fingerprint density at radius 1 is 0.466 bits per heavy atom. The van der Waals surface area contributed by atoms with E-state index < -0.39 is 0 Å². The van der Waals surface area contributed by atoms with Crippen LogP contribution in [0, 0.1) is 6.92 Å². The van der Waals surface area contributed by atoms with Crippen LogP contribution in [0.5, 0.6) is 0 Å². The maximum atomic E-state index is 7.98. The molecule has 0 unspecified atom stereocenters. The van der Waals surface area contributed by atoms with Gasteiger partial charge in [-0.05, 0) is 176 Å². The standard InChI is InChI=1S/C69H79BN2O/c1-42-35-55-58-56(36-42)72(59-47(43-23-19-17-20-24-43)37-45(63(2,3)4)38-48(59)44-25-21-18-22-26-44)60-57-61(69(15,16)34-33-68(57,13)14)73-62(60)70(58)53-40-51-52(67(11,12)32-31-66(51,9)10)41-54(53)71(55)46-27-28-49-50(39-46)65(7,8)30-29-64(49,5)6/h17-28,35-41H,29-34H2,1-16H3. The van der Waals surface area contributed by atoms with Gasteiger partial charge in [-0.25, -0.2) is 0 Å². The molecule has 0 atom stereocenters. The van der Waals surface area contributed by atoms with Crippen LogP contribution in [-0.2, 0) is 37.9 Å². The Morgan fingerprint density at radius 2 is 0.945 bits per heavy atom. The third kappa shape index (κ3) is 7.25. The highest BCUT2D eigenvalue weighted by molar-refractivity contribution is 6.99. The fraction of sp³-hybridized carbons (Fsp3) is 0.420. The molecule has 374 valence electrons. The number of furan rings is 1. The second-order valence-corrected chi connectivity index (χ2v) is 28.2. The van der Waals surface area contributed by atoms with Crippen molar-refractivity contribution in [3.8, 4) is 22.3 Å². The van der Waals surface area contributed by atoms with E-state index in [0.29, 0.717) is 0 Å². The molecule has 3 nitrogen and oxygen atoms in total. The van der Waals surface area contributed by atoms with Crippen LogP contribution < -0.4 is 26.4 Å². The van der Waals surface area contributed by atoms with Crippen LogP contribution in [0.3, 0.4) is 0 Å². The number of benzene rings is 6. The maximum Gasteiger partial charge on any atom is 0.297 e. The lowest BCUT2D eigenvalue weighted by molar-refractivity contribution is 0.282. The lowest BCUT2D eigenvalue weighted by Crippen LogP contribution is -2.61. The Kier molecular flexibility index (Phi) is 10.3. The van der Waals surface area contributed by atoms with Crippen molar-refractivity contribution in [2.45, 2.75) is 187 Å². The Labute approximate surface area is 438 Å². The van der Waals surface area contributed by atoms with Crippen molar-refractivity contribution in [1.29, 1.82) is 0 Å². The summed E-state index contributed by atoms with van der Waals surface area (Å²) in [4.78, 5) is 5.44. The molecule has 0 spiro atoms. The molecule has 3 heterocycles. The Hall–Kier alpha value is -5.74. The van der Waals surface area contributed by atoms with Gasteiger partial charge >= 0.3 is 0 Å². The summed E-state index contributed by atoms with van der Waals surface area (Å²) in [7, 11) is 0. The summed E-state index contributed by atoms with van der Waals surface area (Å²) in [5, 5.41) is 0. The molecule has 12 rings (SSSR count). The van der Waals surface area contributed by atoms with Crippen molar-refractivity contribution in [2.75, 3.05) is 9.80 Å². The highest BCUT2D eigenvalue weighted by Crippen LogP contribution is 2.59. The van der Waals surface area contributed by atoms with Crippen molar-refractivity contribution >= 4 is 57.4 Å². The van der Waals surface area contributed by atoms with Gasteiger partial charge in [0.05, 0.1) is 17.0 Å². The molecule has 0 fully saturated rings. The average molecular weight is 963 g/mol. The molecule has 0 saturated carbocycles. The van der Waals surface area contributed by atoms with E-state index in [1.165, 1.54) is 119 Å². The number of rotatable bonds is 4. The van der Waals surface area contributed by atoms with Crippen LogP contribution in [0.25, 0.3) is 22.3 Å². The first-order valence-electron chi connectivity index (χ1n) is 27.8. The van der Waals surface area contributed by atoms with Crippen LogP contribution >= 0.6 is 0 Å². The monoisotopic (exact) mass is 963 g/mol. The van der Waals surface area contributed by atoms with E-state index in [-0.39, 0.29) is 44.6 Å². The highest BCUT2D eigenvalue weighted by Gasteiger charge is 2.54. The summed E-state index contributed by atoms with van der Waals surface area (Å²) < 4.78 is 7.98. The van der Waals surface area contributed by atoms with Crippen LogP contribution in [0.4, 0.5) is 34.1 Å². The first-order chi connectivity index (χ1) is 34.2. The van der Waals surface area contributed by atoms with Gasteiger partial charge in [0.15, 0.2) is 0 Å². The quantitative estimate of drug-likeness (QED) is 0.164. The van der Waals surface area contributed by atoms with Gasteiger partial charge in [0.1, 0.15) is 5.76 Å². The minimum Gasteiger partial charge on any atom is -0.472 e. The minimum absolute atomic E-state index is 0.0163. The van der Waals surface area contributed by atoms with Gasteiger partial charge in [0.25, 0.3) is 6.71 Å². The highest BCUT2D eigenvalue weighted by atomic mass is 16.3. The molecular formula is C69H79BN2O. The zero-order valence-electron chi connectivity index (χ0n) is 47.1. The number of hydrogen-bond acceptors (Lipinski definition) is 3. The van der Waals surface area contributed by atoms with Gasteiger partial charge in [-0.3, -0.25) is 0 Å². The number of nitrogens with zero attached hydrogens (tertiary/aromatic N) is 2. The predicted molar refractivity (Wildman–Crippen MR) is 313 cm³/mol. The molecule has 0 saturated heterocycles. The largest absolute Gasteiger partial charge is 0.472 e. The molecule has 7 aromatic rings. The molecule has 3 aliphatic carbocycles. The van der Waals surface area contributed by atoms with Crippen molar-refractivity contribution in [3.63, 3.8) is 0 Å². The molecule has 0 N–H and O–H groups in total. The minimum atomic E-state index is -0.158. The first kappa shape index (κ1) is 48.2. The molecule has 73 heavy (non-hydrogen) atoms. The SMILES string of the molecule is Cc1cc2c3c(c1)N(c1c(-c4ccccc4)cc(C(C)(C)C)cc1-c1ccccc1)c1c(oc4c1C(C)(C)CCC4(C)C)B3c1cc3c(cc1N2c1ccc2c(c1)C(C)(C)CCC2(C)C)C(C)(C)CCC3(C)C. The lowest BCUT2D eigenvalue weighted by Gasteiger charge is -2.48. The number of anilines is 6. The summed E-state index contributed by atoms with van der Waals surface area (Å²) in [5.74, 6) is 1.15. The van der Waals surface area contributed by atoms with Crippen molar-refractivity contribution in [1.82, 2.24) is 0 Å². The van der Waals surface area contributed by atoms with Gasteiger partial charge in [-0.1, -0.05) is 177 Å². The van der Waals surface area contributed by atoms with Crippen LogP contribution in [0.1, 0.15) is 187 Å². The summed E-state index contributed by atoms with van der Waals surface area (Å²) >= 11 is 0. The molecule has 6 aromatic carbocycles. The summed E-state index contributed by atoms with van der Waals surface area (Å²) in [6.07, 6.45) is 6.82. The Morgan fingerprint density at radius 3 is 1.49 bits per heavy atom. The summed E-state index contributed by atoms with van der Waals surface area (Å²) in [6, 6.07) is 45.4. The lowest BCUT2D eigenvalue weighted by atomic mass is 9.35. The molecule has 4 heteroatoms. The van der Waals surface area contributed by atoms with E-state index in [2.05, 4.69) is 236 Å². The third-order valence-corrected chi connectivity index (χ3v) is 19.1. The number of aryl methyl sites for hydroxylation is 1. The second kappa shape index (κ2) is 15.7. The maximum absolute atomic E-state index is 7.98. The Bertz CT molecular complexity index is 3350. The van der Waals surface area contributed by atoms with Crippen molar-refractivity contribution in [2.24, 2.45) is 0 Å². The van der Waals surface area contributed by atoms with Gasteiger partial charge in [0.2, 0.25) is 0 Å². The zero-order valence-corrected chi connectivity index (χ0v) is 47.1. The van der Waals surface area contributed by atoms with Crippen molar-refractivity contribution < 1.29 is 4.42 Å². The van der Waals surface area contributed by atoms with Gasteiger partial charge < -0.3 is 14.2 Å². The third-order valence-electron chi connectivity index (χ3n) is 19.1. The van der Waals surface area contributed by atoms with E-state index in [1.807, 2.05) is 0 Å². The van der Waals surface area contributed by atoms with E-state index in [1.54, 1.807) is 0 Å². The van der Waals surface area contributed by atoms with Gasteiger partial charge in [0, 0.05) is 44.9 Å². The molecular weight excluding hydrogens is 884 g/mol. The molecule has 5 aliphatic rings. The van der Waals surface area contributed by atoms with Crippen LogP contribution in [0.15, 0.2) is 120 Å². The Balaban J connectivity index is 1.27. The molecule has 1 aromatic heterocycles. The average Bonchev–Trinajstić information content (AvgIpc) is 3.76. The van der Waals surface area contributed by atoms with Gasteiger partial charge in [-0.2, -0.15) is 0 Å². The fourth-order valence-corrected chi connectivity index (χ4v) is 14.2. The normalized spacial score (nSPS) is 20.0. The smallest absolute Gasteiger partial charge is 0.297 e. The molecule has 0 bridgehead atoms. The second-order valence-electron chi connectivity index (χ2n) is 28.2. The van der Waals surface area contributed by atoms with Crippen LogP contribution in [-0.4, -0.2) is 6.71 Å². The fourth-order valence-electron chi connectivity index (χ4n) is 14.2. The van der Waals surface area contributed by atoms with E-state index in [0.717, 1.165) is 37.1 Å². The van der Waals surface area contributed by atoms with E-state index in [4.69, 9.17) is 4.42 Å². The predicted octanol–water partition coefficient (Wildman–Crippen LogP) is 17.3. The molecule has 0 radical (unpaired) electrons. The summed E-state index contributed by atoms with van der Waals surface area (Å²) in [5.41, 5.74) is 25.9. The van der Waals surface area contributed by atoms with E-state index in [9.17, 15) is 0 Å². The number of fused-ring (bicyclic) bond motifs is 8. The number of hydrogen-bond donors (Lipinski definition) is 0. The topological polar surface area (TPSA) is 19.6 Å². The van der Waals surface area contributed by atoms with Gasteiger partial charge in [-0.15, -0.1) is 0 Å². The summed E-state index contributed by atoms with van der Waals surface area (Å²) in [6.45, 7) is 38.9. The molecule has 0 amide bonds. The van der Waals surface area contributed by atoms with Crippen LogP contribution in [0.2, 0.25) is 0 Å². The zero-order chi connectivity index (χ0) is 51.7. The van der Waals surface area contributed by atoms with Crippen molar-refractivity contribution in [3.05, 3.63) is 160 Å². The first-order valence-corrected chi connectivity index (χ1v) is 27.8.